The predicted octanol–water partition coefficient (Wildman–Crippen LogP) is 6.67. The van der Waals surface area contributed by atoms with Gasteiger partial charge in [-0.2, -0.15) is 20.3 Å². The van der Waals surface area contributed by atoms with Crippen LogP contribution < -0.4 is 21.6 Å². The van der Waals surface area contributed by atoms with Crippen LogP contribution in [0.2, 0.25) is 5.02 Å². The summed E-state index contributed by atoms with van der Waals surface area (Å²) < 4.78 is 0. The maximum atomic E-state index is 10.1. The van der Waals surface area contributed by atoms with Gasteiger partial charge in [0.25, 0.3) is 0 Å². The van der Waals surface area contributed by atoms with Crippen molar-refractivity contribution in [2.75, 3.05) is 23.7 Å². The first-order valence-electron chi connectivity index (χ1n) is 16.1. The van der Waals surface area contributed by atoms with Crippen molar-refractivity contribution < 1.29 is 0 Å². The number of halogens is 1. The Morgan fingerprint density at radius 3 is 2.48 bits per heavy atom. The van der Waals surface area contributed by atoms with Gasteiger partial charge in [-0.3, -0.25) is 14.9 Å². The van der Waals surface area contributed by atoms with E-state index in [9.17, 15) is 5.26 Å². The van der Waals surface area contributed by atoms with Crippen LogP contribution in [0.4, 0.5) is 17.1 Å². The van der Waals surface area contributed by atoms with Crippen LogP contribution in [0, 0.1) is 11.3 Å². The Hall–Kier alpha value is -5.15. The number of hydrogen-bond donors (Lipinski definition) is 4. The number of nitriles is 1. The largest absolute Gasteiger partial charge is 0.373 e. The third-order valence-electron chi connectivity index (χ3n) is 8.98. The second-order valence-corrected chi connectivity index (χ2v) is 13.5. The highest BCUT2D eigenvalue weighted by atomic mass is 35.5. The van der Waals surface area contributed by atoms with Crippen LogP contribution in [-0.2, 0) is 0 Å². The fraction of sp³-hybridized carbons (Fsp3) is 0.278. The zero-order chi connectivity index (χ0) is 33.3. The summed E-state index contributed by atoms with van der Waals surface area (Å²) in [4.78, 5) is 8.66. The van der Waals surface area contributed by atoms with Crippen molar-refractivity contribution in [1.82, 2.24) is 40.8 Å². The molecule has 3 aromatic carbocycles. The highest BCUT2D eigenvalue weighted by Gasteiger charge is 2.32. The van der Waals surface area contributed by atoms with Crippen LogP contribution in [0.3, 0.4) is 0 Å². The fourth-order valence-corrected chi connectivity index (χ4v) is 6.69. The van der Waals surface area contributed by atoms with E-state index in [1.165, 1.54) is 0 Å². The number of benzene rings is 3. The summed E-state index contributed by atoms with van der Waals surface area (Å²) in [5, 5.41) is 29.2. The quantitative estimate of drug-likeness (QED) is 0.144. The van der Waals surface area contributed by atoms with E-state index in [1.807, 2.05) is 54.6 Å². The number of nitrogens with one attached hydrogen (secondary N) is 4. The van der Waals surface area contributed by atoms with Gasteiger partial charge < -0.3 is 16.1 Å². The van der Waals surface area contributed by atoms with Crippen molar-refractivity contribution in [2.24, 2.45) is 0 Å². The lowest BCUT2D eigenvalue weighted by atomic mass is 9.98. The number of hydrazine groups is 2. The third kappa shape index (κ3) is 6.51. The van der Waals surface area contributed by atoms with Gasteiger partial charge >= 0.3 is 0 Å². The SMILES string of the molecule is CC(C)(C)N1CCC(N2C=C([C@@H](Nc3cc(Cl)c4ncc(C#N)c(Nc5cccc(-n6nccn6)c5)c4c3)c3ccccc3)NN2)CC1. The number of piperidine rings is 1. The maximum Gasteiger partial charge on any atom is 0.103 e. The van der Waals surface area contributed by atoms with Gasteiger partial charge in [0.05, 0.1) is 51.6 Å². The predicted molar refractivity (Wildman–Crippen MR) is 189 cm³/mol. The molecule has 0 unspecified atom stereocenters. The summed E-state index contributed by atoms with van der Waals surface area (Å²) in [7, 11) is 0. The lowest BCUT2D eigenvalue weighted by Gasteiger charge is -2.42. The van der Waals surface area contributed by atoms with Crippen LogP contribution in [0.25, 0.3) is 16.6 Å². The van der Waals surface area contributed by atoms with Crippen molar-refractivity contribution in [1.29, 1.82) is 5.26 Å². The smallest absolute Gasteiger partial charge is 0.103 e. The zero-order valence-electron chi connectivity index (χ0n) is 27.2. The topological polar surface area (TPSA) is 122 Å². The van der Waals surface area contributed by atoms with Crippen molar-refractivity contribution >= 4 is 39.6 Å². The number of likely N-dealkylation sites (tertiary alicyclic amines) is 1. The molecule has 0 saturated carbocycles. The molecule has 4 heterocycles. The number of hydrogen-bond acceptors (Lipinski definition) is 10. The van der Waals surface area contributed by atoms with Crippen LogP contribution in [-0.4, -0.2) is 54.6 Å². The number of rotatable bonds is 8. The van der Waals surface area contributed by atoms with E-state index in [0.717, 1.165) is 59.6 Å². The molecule has 4 N–H and O–H groups in total. The molecule has 2 aliphatic heterocycles. The second-order valence-electron chi connectivity index (χ2n) is 13.1. The lowest BCUT2D eigenvalue weighted by Crippen LogP contribution is -2.52. The van der Waals surface area contributed by atoms with Gasteiger partial charge in [-0.25, -0.2) is 0 Å². The van der Waals surface area contributed by atoms with Crippen LogP contribution >= 0.6 is 11.6 Å². The van der Waals surface area contributed by atoms with Gasteiger partial charge in [0.15, 0.2) is 0 Å². The van der Waals surface area contributed by atoms with Crippen LogP contribution in [0.1, 0.15) is 50.8 Å². The van der Waals surface area contributed by atoms with E-state index in [-0.39, 0.29) is 11.6 Å². The molecule has 0 amide bonds. The standard InChI is InChI=1S/C36H38ClN11/c1-36(2,3)46-16-12-28(13-17-46)47-23-32(44-45-47)34(24-8-5-4-6-9-24)43-27-19-30-33(25(21-38)22-39-35(30)31(37)20-27)42-26-10-7-11-29(18-26)48-40-14-15-41-48/h4-11,14-15,18-20,22-23,28,34,43-45H,12-13,16-17H2,1-3H3,(H,39,42)/t34-/m0/s1. The van der Waals surface area contributed by atoms with E-state index in [2.05, 4.69) is 91.9 Å². The fourth-order valence-electron chi connectivity index (χ4n) is 6.42. The first-order valence-corrected chi connectivity index (χ1v) is 16.5. The van der Waals surface area contributed by atoms with E-state index >= 15 is 0 Å². The molecule has 48 heavy (non-hydrogen) atoms. The van der Waals surface area contributed by atoms with Gasteiger partial charge in [-0.1, -0.05) is 48.0 Å². The summed E-state index contributed by atoms with van der Waals surface area (Å²) in [6.45, 7) is 8.97. The molecule has 7 rings (SSSR count). The first-order chi connectivity index (χ1) is 23.3. The van der Waals surface area contributed by atoms with E-state index in [0.29, 0.717) is 27.8 Å². The van der Waals surface area contributed by atoms with Gasteiger partial charge in [0, 0.05) is 53.8 Å². The number of anilines is 3. The van der Waals surface area contributed by atoms with Crippen molar-refractivity contribution in [3.05, 3.63) is 113 Å². The molecule has 244 valence electrons. The Labute approximate surface area is 285 Å². The second kappa shape index (κ2) is 13.2. The summed E-state index contributed by atoms with van der Waals surface area (Å²) in [5.41, 5.74) is 13.1. The molecule has 5 aromatic rings. The number of fused-ring (bicyclic) bond motifs is 1. The lowest BCUT2D eigenvalue weighted by molar-refractivity contribution is 0.0570. The summed E-state index contributed by atoms with van der Waals surface area (Å²) >= 11 is 6.90. The maximum absolute atomic E-state index is 10.1. The van der Waals surface area contributed by atoms with Gasteiger partial charge in [-0.05, 0) is 69.5 Å². The molecule has 0 aliphatic carbocycles. The molecule has 2 aromatic heterocycles. The minimum absolute atomic E-state index is 0.173. The normalized spacial score (nSPS) is 16.3. The molecule has 0 bridgehead atoms. The molecular formula is C36H38ClN11. The van der Waals surface area contributed by atoms with E-state index in [4.69, 9.17) is 11.6 Å². The summed E-state index contributed by atoms with van der Waals surface area (Å²) in [6, 6.07) is 24.3. The third-order valence-corrected chi connectivity index (χ3v) is 9.27. The van der Waals surface area contributed by atoms with Gasteiger partial charge in [0.1, 0.15) is 6.07 Å². The molecule has 1 fully saturated rings. The zero-order valence-corrected chi connectivity index (χ0v) is 27.9. The van der Waals surface area contributed by atoms with E-state index < -0.39 is 0 Å². The highest BCUT2D eigenvalue weighted by Crippen LogP contribution is 2.37. The average Bonchev–Trinajstić information content (AvgIpc) is 3.82. The molecular weight excluding hydrogens is 622 g/mol. The number of pyridine rings is 1. The van der Waals surface area contributed by atoms with Gasteiger partial charge in [0.2, 0.25) is 0 Å². The number of nitrogens with zero attached hydrogens (tertiary/aromatic N) is 7. The molecule has 1 saturated heterocycles. The monoisotopic (exact) mass is 659 g/mol. The summed E-state index contributed by atoms with van der Waals surface area (Å²) in [6.07, 6.45) is 9.13. The molecule has 2 aliphatic rings. The van der Waals surface area contributed by atoms with Crippen molar-refractivity contribution in [2.45, 2.75) is 51.2 Å². The van der Waals surface area contributed by atoms with Gasteiger partial charge in [-0.15, -0.1) is 5.53 Å². The van der Waals surface area contributed by atoms with Crippen LogP contribution in [0.5, 0.6) is 0 Å². The Morgan fingerprint density at radius 2 is 1.75 bits per heavy atom. The molecule has 0 radical (unpaired) electrons. The summed E-state index contributed by atoms with van der Waals surface area (Å²) in [5.74, 6) is 0. The minimum Gasteiger partial charge on any atom is -0.373 e. The van der Waals surface area contributed by atoms with Crippen molar-refractivity contribution in [3.8, 4) is 11.8 Å². The van der Waals surface area contributed by atoms with Crippen molar-refractivity contribution in [3.63, 3.8) is 0 Å². The molecule has 0 spiro atoms. The Bertz CT molecular complexity index is 1970. The Kier molecular flexibility index (Phi) is 8.62. The number of aromatic nitrogens is 4. The highest BCUT2D eigenvalue weighted by molar-refractivity contribution is 6.36. The molecule has 11 nitrogen and oxygen atoms in total. The minimum atomic E-state index is -0.214. The van der Waals surface area contributed by atoms with Crippen LogP contribution in [0.15, 0.2) is 97.2 Å². The Balaban J connectivity index is 1.20. The first kappa shape index (κ1) is 31.4. The van der Waals surface area contributed by atoms with E-state index in [1.54, 1.807) is 23.4 Å². The molecule has 1 atom stereocenters. The average molecular weight is 660 g/mol. The molecule has 12 heteroatoms. The Morgan fingerprint density at radius 1 is 0.979 bits per heavy atom.